The Morgan fingerprint density at radius 3 is 2.33 bits per heavy atom. The van der Waals surface area contributed by atoms with Gasteiger partial charge in [-0.1, -0.05) is 0 Å². The van der Waals surface area contributed by atoms with E-state index < -0.39 is 24.2 Å². The summed E-state index contributed by atoms with van der Waals surface area (Å²) < 4.78 is 38.1. The van der Waals surface area contributed by atoms with Crippen molar-refractivity contribution in [1.82, 2.24) is 10.2 Å². The number of nitrogens with one attached hydrogen (secondary N) is 1. The molecule has 2 atom stereocenters. The van der Waals surface area contributed by atoms with E-state index in [-0.39, 0.29) is 24.5 Å². The van der Waals surface area contributed by atoms with Gasteiger partial charge in [0.2, 0.25) is 0 Å². The highest BCUT2D eigenvalue weighted by Gasteiger charge is 2.49. The van der Waals surface area contributed by atoms with Crippen LogP contribution in [0.3, 0.4) is 0 Å². The molecule has 1 aliphatic rings. The second kappa shape index (κ2) is 6.52. The summed E-state index contributed by atoms with van der Waals surface area (Å²) in [4.78, 5) is 12.9. The van der Waals surface area contributed by atoms with Gasteiger partial charge in [0.15, 0.2) is 0 Å². The monoisotopic (exact) mass is 310 g/mol. The van der Waals surface area contributed by atoms with Crippen molar-refractivity contribution in [2.75, 3.05) is 6.54 Å². The first-order chi connectivity index (χ1) is 9.47. The smallest absolute Gasteiger partial charge is 0.401 e. The fraction of sp³-hybridized carbons (Fsp3) is 0.929. The van der Waals surface area contributed by atoms with E-state index >= 15 is 0 Å². The van der Waals surface area contributed by atoms with Crippen molar-refractivity contribution in [3.63, 3.8) is 0 Å². The molecule has 0 heterocycles. The molecule has 2 unspecified atom stereocenters. The maximum atomic E-state index is 12.7. The van der Waals surface area contributed by atoms with Crippen LogP contribution in [0.15, 0.2) is 0 Å². The molecule has 1 rings (SSSR count). The Morgan fingerprint density at radius 2 is 1.95 bits per heavy atom. The Kier molecular flexibility index (Phi) is 5.66. The van der Waals surface area contributed by atoms with Crippen LogP contribution in [0.2, 0.25) is 0 Å². The first kappa shape index (κ1) is 18.2. The number of hydrogen-bond donors (Lipinski definition) is 2. The van der Waals surface area contributed by atoms with Crippen LogP contribution in [0.5, 0.6) is 0 Å². The molecule has 0 aromatic heterocycles. The van der Waals surface area contributed by atoms with Crippen LogP contribution in [0, 0.1) is 0 Å². The van der Waals surface area contributed by atoms with Crippen molar-refractivity contribution in [3.05, 3.63) is 0 Å². The Balaban J connectivity index is 2.88. The van der Waals surface area contributed by atoms with Gasteiger partial charge in [-0.2, -0.15) is 13.2 Å². The van der Waals surface area contributed by atoms with E-state index in [1.54, 1.807) is 13.8 Å². The van der Waals surface area contributed by atoms with E-state index in [1.807, 2.05) is 13.8 Å². The number of carboxylic acids is 1. The van der Waals surface area contributed by atoms with E-state index in [2.05, 4.69) is 5.32 Å². The molecular weight excluding hydrogens is 285 g/mol. The number of carbonyl (C=O) groups is 1. The van der Waals surface area contributed by atoms with Gasteiger partial charge in [-0.15, -0.1) is 0 Å². The summed E-state index contributed by atoms with van der Waals surface area (Å²) in [7, 11) is 0. The predicted molar refractivity (Wildman–Crippen MR) is 74.2 cm³/mol. The van der Waals surface area contributed by atoms with Gasteiger partial charge in [-0.05, 0) is 47.0 Å². The minimum absolute atomic E-state index is 0.0324. The first-order valence-electron chi connectivity index (χ1n) is 7.30. The molecule has 21 heavy (non-hydrogen) atoms. The van der Waals surface area contributed by atoms with Crippen LogP contribution < -0.4 is 5.32 Å². The third kappa shape index (κ3) is 4.85. The molecular formula is C14H25F3N2O2. The molecule has 124 valence electrons. The van der Waals surface area contributed by atoms with E-state index in [0.29, 0.717) is 12.8 Å². The van der Waals surface area contributed by atoms with Crippen molar-refractivity contribution >= 4 is 5.97 Å². The van der Waals surface area contributed by atoms with Crippen molar-refractivity contribution < 1.29 is 23.1 Å². The Bertz CT molecular complexity index is 372. The lowest BCUT2D eigenvalue weighted by molar-refractivity contribution is -0.155. The fourth-order valence-electron chi connectivity index (χ4n) is 3.18. The van der Waals surface area contributed by atoms with Crippen LogP contribution in [0.4, 0.5) is 13.2 Å². The third-order valence-electron chi connectivity index (χ3n) is 3.96. The standard InChI is InChI=1S/C14H25F3N2O2/c1-9(2)18-13(12(20)21)6-5-11(7-13)19(10(3)4)8-14(15,16)17/h9-11,18H,5-8H2,1-4H3,(H,20,21). The number of aliphatic carboxylic acids is 1. The summed E-state index contributed by atoms with van der Waals surface area (Å²) >= 11 is 0. The maximum absolute atomic E-state index is 12.7. The van der Waals surface area contributed by atoms with Crippen molar-refractivity contribution in [2.45, 2.75) is 76.8 Å². The molecule has 0 spiro atoms. The minimum Gasteiger partial charge on any atom is -0.480 e. The summed E-state index contributed by atoms with van der Waals surface area (Å²) in [6, 6.07) is -0.677. The lowest BCUT2D eigenvalue weighted by atomic mass is 9.96. The van der Waals surface area contributed by atoms with E-state index in [0.717, 1.165) is 0 Å². The number of alkyl halides is 3. The highest BCUT2D eigenvalue weighted by Crippen LogP contribution is 2.36. The van der Waals surface area contributed by atoms with E-state index in [4.69, 9.17) is 0 Å². The average Bonchev–Trinajstić information content (AvgIpc) is 2.68. The lowest BCUT2D eigenvalue weighted by Gasteiger charge is -2.35. The highest BCUT2D eigenvalue weighted by molar-refractivity contribution is 5.79. The van der Waals surface area contributed by atoms with Crippen LogP contribution in [0.25, 0.3) is 0 Å². The number of carboxylic acid groups (broad SMARTS) is 1. The van der Waals surface area contributed by atoms with E-state index in [9.17, 15) is 23.1 Å². The largest absolute Gasteiger partial charge is 0.480 e. The molecule has 0 amide bonds. The summed E-state index contributed by atoms with van der Waals surface area (Å²) in [5, 5.41) is 12.5. The van der Waals surface area contributed by atoms with Crippen LogP contribution in [0.1, 0.15) is 47.0 Å². The number of hydrogen-bond acceptors (Lipinski definition) is 3. The highest BCUT2D eigenvalue weighted by atomic mass is 19.4. The Labute approximate surface area is 123 Å². The fourth-order valence-corrected chi connectivity index (χ4v) is 3.18. The Morgan fingerprint density at radius 1 is 1.38 bits per heavy atom. The summed E-state index contributed by atoms with van der Waals surface area (Å²) in [6.07, 6.45) is -3.26. The van der Waals surface area contributed by atoms with Crippen molar-refractivity contribution in [1.29, 1.82) is 0 Å². The molecule has 7 heteroatoms. The normalized spacial score (nSPS) is 27.0. The zero-order valence-electron chi connectivity index (χ0n) is 13.0. The second-order valence-electron chi connectivity index (χ2n) is 6.46. The average molecular weight is 310 g/mol. The molecule has 1 aliphatic carbocycles. The number of halogens is 3. The van der Waals surface area contributed by atoms with Gasteiger partial charge in [-0.25, -0.2) is 0 Å². The molecule has 0 aromatic rings. The van der Waals surface area contributed by atoms with Gasteiger partial charge >= 0.3 is 12.1 Å². The predicted octanol–water partition coefficient (Wildman–Crippen LogP) is 2.63. The number of nitrogens with zero attached hydrogens (tertiary/aromatic N) is 1. The van der Waals surface area contributed by atoms with Gasteiger partial charge in [-0.3, -0.25) is 15.0 Å². The zero-order valence-corrected chi connectivity index (χ0v) is 13.0. The molecule has 0 aliphatic heterocycles. The van der Waals surface area contributed by atoms with Crippen molar-refractivity contribution in [3.8, 4) is 0 Å². The SMILES string of the molecule is CC(C)NC1(C(=O)O)CCC(N(CC(F)(F)F)C(C)C)C1. The van der Waals surface area contributed by atoms with Gasteiger partial charge in [0, 0.05) is 18.1 Å². The molecule has 1 saturated carbocycles. The molecule has 4 nitrogen and oxygen atoms in total. The summed E-state index contributed by atoms with van der Waals surface area (Å²) in [5.41, 5.74) is -1.11. The van der Waals surface area contributed by atoms with Gasteiger partial charge in [0.1, 0.15) is 5.54 Å². The first-order valence-corrected chi connectivity index (χ1v) is 7.30. The van der Waals surface area contributed by atoms with Gasteiger partial charge < -0.3 is 5.11 Å². The molecule has 0 bridgehead atoms. The summed E-state index contributed by atoms with van der Waals surface area (Å²) in [5.74, 6) is -0.977. The second-order valence-corrected chi connectivity index (χ2v) is 6.46. The molecule has 0 radical (unpaired) electrons. The maximum Gasteiger partial charge on any atom is 0.401 e. The zero-order chi connectivity index (χ0) is 16.4. The quantitative estimate of drug-likeness (QED) is 0.792. The minimum atomic E-state index is -4.27. The molecule has 1 fully saturated rings. The van der Waals surface area contributed by atoms with Crippen LogP contribution in [-0.4, -0.2) is 52.4 Å². The van der Waals surface area contributed by atoms with Crippen molar-refractivity contribution in [2.24, 2.45) is 0 Å². The van der Waals surface area contributed by atoms with Crippen LogP contribution >= 0.6 is 0 Å². The van der Waals surface area contributed by atoms with Crippen LogP contribution in [-0.2, 0) is 4.79 Å². The van der Waals surface area contributed by atoms with E-state index in [1.165, 1.54) is 4.90 Å². The van der Waals surface area contributed by atoms with Gasteiger partial charge in [0.25, 0.3) is 0 Å². The number of rotatable bonds is 6. The Hall–Kier alpha value is -0.820. The molecule has 0 aromatic carbocycles. The third-order valence-corrected chi connectivity index (χ3v) is 3.96. The van der Waals surface area contributed by atoms with Gasteiger partial charge in [0.05, 0.1) is 6.54 Å². The molecule has 0 saturated heterocycles. The lowest BCUT2D eigenvalue weighted by Crippen LogP contribution is -2.54. The summed E-state index contributed by atoms with van der Waals surface area (Å²) in [6.45, 7) is 6.11. The molecule has 2 N–H and O–H groups in total. The topological polar surface area (TPSA) is 52.6 Å².